The number of hydrogen-bond acceptors (Lipinski definition) is 3. The summed E-state index contributed by atoms with van der Waals surface area (Å²) in [5.74, 6) is 0. The summed E-state index contributed by atoms with van der Waals surface area (Å²) in [7, 11) is 0. The normalized spacial score (nSPS) is 12.0. The lowest BCUT2D eigenvalue weighted by atomic mass is 9.84. The zero-order chi connectivity index (χ0) is 19.3. The summed E-state index contributed by atoms with van der Waals surface area (Å²) in [4.78, 5) is 0. The van der Waals surface area contributed by atoms with E-state index in [1.807, 2.05) is 0 Å². The van der Waals surface area contributed by atoms with Crippen molar-refractivity contribution < 1.29 is 0 Å². The lowest BCUT2D eigenvalue weighted by Crippen LogP contribution is -2.27. The van der Waals surface area contributed by atoms with Gasteiger partial charge >= 0.3 is 0 Å². The molecule has 0 radical (unpaired) electrons. The van der Waals surface area contributed by atoms with Crippen molar-refractivity contribution in [1.29, 1.82) is 0 Å². The van der Waals surface area contributed by atoms with Crippen molar-refractivity contribution >= 4 is 39.3 Å². The van der Waals surface area contributed by atoms with Gasteiger partial charge in [-0.15, -0.1) is 11.8 Å². The predicted octanol–water partition coefficient (Wildman–Crippen LogP) is 7.53. The molecular weight excluding hydrogens is 384 g/mol. The Hall–Kier alpha value is -1.55. The first-order valence-corrected chi connectivity index (χ1v) is 11.0. The summed E-state index contributed by atoms with van der Waals surface area (Å²) in [5.41, 5.74) is 3.72. The molecule has 0 aliphatic carbocycles. The SMILES string of the molecule is CC(C)(C)SC(=S)SC(c1ccccc1)(c1ccccc1)c1ccccc1. The molecule has 0 aromatic heterocycles. The van der Waals surface area contributed by atoms with Crippen molar-refractivity contribution in [3.8, 4) is 0 Å². The number of rotatable bonds is 4. The molecule has 0 fully saturated rings. The van der Waals surface area contributed by atoms with Crippen LogP contribution >= 0.6 is 35.7 Å². The average Bonchev–Trinajstić information content (AvgIpc) is 2.67. The topological polar surface area (TPSA) is 0 Å². The van der Waals surface area contributed by atoms with Gasteiger partial charge < -0.3 is 0 Å². The Bertz CT molecular complexity index is 769. The van der Waals surface area contributed by atoms with Crippen LogP contribution in [-0.4, -0.2) is 8.28 Å². The second kappa shape index (κ2) is 8.64. The monoisotopic (exact) mass is 408 g/mol. The van der Waals surface area contributed by atoms with E-state index in [0.717, 1.165) is 3.53 Å². The Morgan fingerprint density at radius 3 is 1.22 bits per heavy atom. The van der Waals surface area contributed by atoms with Gasteiger partial charge in [0, 0.05) is 4.75 Å². The zero-order valence-electron chi connectivity index (χ0n) is 15.9. The van der Waals surface area contributed by atoms with Gasteiger partial charge in [0.05, 0.1) is 4.75 Å². The van der Waals surface area contributed by atoms with Crippen LogP contribution in [0.25, 0.3) is 0 Å². The summed E-state index contributed by atoms with van der Waals surface area (Å²) in [5, 5.41) is 0. The van der Waals surface area contributed by atoms with Crippen LogP contribution in [-0.2, 0) is 4.75 Å². The number of benzene rings is 3. The van der Waals surface area contributed by atoms with Crippen molar-refractivity contribution in [1.82, 2.24) is 0 Å². The quantitative estimate of drug-likeness (QED) is 0.323. The molecule has 0 nitrogen and oxygen atoms in total. The molecule has 0 N–H and O–H groups in total. The third-order valence-corrected chi connectivity index (χ3v) is 7.13. The standard InChI is InChI=1S/C24H24S3/c1-23(2,3)26-22(25)27-24(19-13-7-4-8-14-19,20-15-9-5-10-16-20)21-17-11-6-12-18-21/h4-18H,1-3H3. The fourth-order valence-electron chi connectivity index (χ4n) is 3.09. The van der Waals surface area contributed by atoms with Gasteiger partial charge in [-0.3, -0.25) is 0 Å². The maximum atomic E-state index is 5.88. The summed E-state index contributed by atoms with van der Waals surface area (Å²) in [6.07, 6.45) is 0. The summed E-state index contributed by atoms with van der Waals surface area (Å²) in [6.45, 7) is 6.62. The summed E-state index contributed by atoms with van der Waals surface area (Å²) in [6, 6.07) is 32.1. The van der Waals surface area contributed by atoms with E-state index >= 15 is 0 Å². The van der Waals surface area contributed by atoms with Gasteiger partial charge in [-0.25, -0.2) is 0 Å². The van der Waals surface area contributed by atoms with Crippen LogP contribution in [0, 0.1) is 0 Å². The molecular formula is C24H24S3. The van der Waals surface area contributed by atoms with E-state index in [9.17, 15) is 0 Å². The van der Waals surface area contributed by atoms with E-state index < -0.39 is 0 Å². The van der Waals surface area contributed by atoms with Gasteiger partial charge in [-0.2, -0.15) is 0 Å². The Morgan fingerprint density at radius 1 is 0.593 bits per heavy atom. The first-order chi connectivity index (χ1) is 12.9. The van der Waals surface area contributed by atoms with Crippen molar-refractivity contribution in [3.63, 3.8) is 0 Å². The molecule has 0 heterocycles. The second-order valence-electron chi connectivity index (χ2n) is 7.35. The third-order valence-electron chi connectivity index (χ3n) is 4.17. The van der Waals surface area contributed by atoms with Gasteiger partial charge in [-0.1, -0.05) is 136 Å². The van der Waals surface area contributed by atoms with E-state index in [2.05, 4.69) is 112 Å². The molecule has 0 saturated carbocycles. The van der Waals surface area contributed by atoms with Crippen LogP contribution in [0.5, 0.6) is 0 Å². The number of hydrogen-bond donors (Lipinski definition) is 0. The van der Waals surface area contributed by atoms with Crippen molar-refractivity contribution in [3.05, 3.63) is 108 Å². The third kappa shape index (κ3) is 4.84. The lowest BCUT2D eigenvalue weighted by molar-refractivity contribution is 0.809. The fraction of sp³-hybridized carbons (Fsp3) is 0.208. The number of thioether (sulfide) groups is 2. The van der Waals surface area contributed by atoms with Gasteiger partial charge in [0.25, 0.3) is 0 Å². The highest BCUT2D eigenvalue weighted by atomic mass is 32.2. The Balaban J connectivity index is 2.21. The van der Waals surface area contributed by atoms with Crippen LogP contribution in [0.2, 0.25) is 0 Å². The molecule has 138 valence electrons. The molecule has 3 aromatic carbocycles. The van der Waals surface area contributed by atoms with E-state index in [1.165, 1.54) is 16.7 Å². The van der Waals surface area contributed by atoms with Gasteiger partial charge in [0.15, 0.2) is 0 Å². The van der Waals surface area contributed by atoms with Crippen LogP contribution in [0.15, 0.2) is 91.0 Å². The molecule has 27 heavy (non-hydrogen) atoms. The maximum Gasteiger partial charge on any atom is 0.106 e. The van der Waals surface area contributed by atoms with Crippen molar-refractivity contribution in [2.24, 2.45) is 0 Å². The molecule has 0 amide bonds. The molecule has 3 heteroatoms. The Labute approximate surface area is 176 Å². The van der Waals surface area contributed by atoms with Gasteiger partial charge in [0.2, 0.25) is 0 Å². The molecule has 0 unspecified atom stereocenters. The van der Waals surface area contributed by atoms with Crippen LogP contribution < -0.4 is 0 Å². The summed E-state index contributed by atoms with van der Waals surface area (Å²) >= 11 is 9.41. The van der Waals surface area contributed by atoms with Crippen LogP contribution in [0.1, 0.15) is 37.5 Å². The predicted molar refractivity (Wildman–Crippen MR) is 127 cm³/mol. The molecule has 3 rings (SSSR count). The molecule has 0 spiro atoms. The average molecular weight is 409 g/mol. The smallest absolute Gasteiger partial charge is 0.102 e. The molecule has 3 aromatic rings. The summed E-state index contributed by atoms with van der Waals surface area (Å²) < 4.78 is 0.665. The van der Waals surface area contributed by atoms with Gasteiger partial charge in [-0.05, 0) is 16.7 Å². The fourth-order valence-corrected chi connectivity index (χ4v) is 7.02. The first-order valence-electron chi connectivity index (χ1n) is 9.00. The van der Waals surface area contributed by atoms with Gasteiger partial charge in [0.1, 0.15) is 3.53 Å². The minimum absolute atomic E-state index is 0.0832. The van der Waals surface area contributed by atoms with Crippen molar-refractivity contribution in [2.75, 3.05) is 0 Å². The molecule has 0 bridgehead atoms. The van der Waals surface area contributed by atoms with E-state index in [-0.39, 0.29) is 9.49 Å². The second-order valence-corrected chi connectivity index (χ2v) is 11.6. The minimum Gasteiger partial charge on any atom is -0.102 e. The molecule has 0 aliphatic rings. The molecule has 0 saturated heterocycles. The molecule has 0 aliphatic heterocycles. The zero-order valence-corrected chi connectivity index (χ0v) is 18.3. The largest absolute Gasteiger partial charge is 0.106 e. The Morgan fingerprint density at radius 2 is 0.926 bits per heavy atom. The molecule has 0 atom stereocenters. The maximum absolute atomic E-state index is 5.88. The highest BCUT2D eigenvalue weighted by Gasteiger charge is 2.39. The lowest BCUT2D eigenvalue weighted by Gasteiger charge is -2.36. The van der Waals surface area contributed by atoms with Crippen molar-refractivity contribution in [2.45, 2.75) is 30.3 Å². The Kier molecular flexibility index (Phi) is 6.46. The first kappa shape index (κ1) is 20.2. The highest BCUT2D eigenvalue weighted by molar-refractivity contribution is 8.47. The van der Waals surface area contributed by atoms with E-state index in [4.69, 9.17) is 12.2 Å². The minimum atomic E-state index is -0.376. The van der Waals surface area contributed by atoms with E-state index in [1.54, 1.807) is 23.5 Å². The highest BCUT2D eigenvalue weighted by Crippen LogP contribution is 2.51. The van der Waals surface area contributed by atoms with E-state index in [0.29, 0.717) is 0 Å². The number of thiocarbonyl (C=S) groups is 1. The van der Waals surface area contributed by atoms with Crippen LogP contribution in [0.4, 0.5) is 0 Å². The van der Waals surface area contributed by atoms with Crippen LogP contribution in [0.3, 0.4) is 0 Å².